The molecule has 0 saturated carbocycles. The third-order valence-corrected chi connectivity index (χ3v) is 2.69. The Balaban J connectivity index is 2.52. The van der Waals surface area contributed by atoms with Crippen molar-refractivity contribution < 1.29 is 19.4 Å². The van der Waals surface area contributed by atoms with Gasteiger partial charge in [-0.25, -0.2) is 0 Å². The Kier molecular flexibility index (Phi) is 6.11. The normalized spacial score (nSPS) is 11.8. The minimum absolute atomic E-state index is 0.358. The smallest absolute Gasteiger partial charge is 0.239 e. The maximum atomic E-state index is 11.3. The topological polar surface area (TPSA) is 93.8 Å². The third kappa shape index (κ3) is 4.42. The third-order valence-electron chi connectivity index (χ3n) is 2.69. The van der Waals surface area contributed by atoms with E-state index < -0.39 is 6.04 Å². The lowest BCUT2D eigenvalue weighted by Crippen LogP contribution is -2.43. The van der Waals surface area contributed by atoms with E-state index in [9.17, 15) is 4.79 Å². The monoisotopic (exact) mass is 268 g/mol. The maximum absolute atomic E-state index is 11.3. The van der Waals surface area contributed by atoms with Crippen LogP contribution in [0.4, 0.5) is 0 Å². The van der Waals surface area contributed by atoms with Crippen molar-refractivity contribution in [3.63, 3.8) is 0 Å². The number of methoxy groups -OCH3 is 2. The molecule has 1 rings (SSSR count). The Morgan fingerprint density at radius 1 is 1.37 bits per heavy atom. The summed E-state index contributed by atoms with van der Waals surface area (Å²) in [4.78, 5) is 11.3. The minimum Gasteiger partial charge on any atom is -0.493 e. The summed E-state index contributed by atoms with van der Waals surface area (Å²) in [6.45, 7) is 0.0875. The Morgan fingerprint density at radius 2 is 2.05 bits per heavy atom. The first-order chi connectivity index (χ1) is 9.12. The van der Waals surface area contributed by atoms with Crippen LogP contribution in [0.15, 0.2) is 18.2 Å². The lowest BCUT2D eigenvalue weighted by Gasteiger charge is -2.11. The molecule has 0 bridgehead atoms. The van der Waals surface area contributed by atoms with Crippen molar-refractivity contribution in [3.05, 3.63) is 23.8 Å². The SMILES string of the molecule is COc1ccc(CCNC(=O)C(N)CO)cc1OC. The highest BCUT2D eigenvalue weighted by Gasteiger charge is 2.11. The summed E-state index contributed by atoms with van der Waals surface area (Å²) in [6.07, 6.45) is 0.643. The number of nitrogens with one attached hydrogen (secondary N) is 1. The summed E-state index contributed by atoms with van der Waals surface area (Å²) in [7, 11) is 3.15. The molecule has 1 unspecified atom stereocenters. The van der Waals surface area contributed by atoms with Crippen molar-refractivity contribution >= 4 is 5.91 Å². The molecular weight excluding hydrogens is 248 g/mol. The van der Waals surface area contributed by atoms with Gasteiger partial charge >= 0.3 is 0 Å². The van der Waals surface area contributed by atoms with E-state index >= 15 is 0 Å². The molecule has 1 aromatic carbocycles. The van der Waals surface area contributed by atoms with E-state index in [1.54, 1.807) is 14.2 Å². The molecule has 6 heteroatoms. The molecule has 0 spiro atoms. The molecule has 0 fully saturated rings. The molecule has 19 heavy (non-hydrogen) atoms. The quantitative estimate of drug-likeness (QED) is 0.630. The molecule has 4 N–H and O–H groups in total. The zero-order valence-corrected chi connectivity index (χ0v) is 11.2. The Bertz CT molecular complexity index is 423. The van der Waals surface area contributed by atoms with Crippen LogP contribution in [0, 0.1) is 0 Å². The number of aliphatic hydroxyl groups excluding tert-OH is 1. The molecule has 1 amide bonds. The number of carbonyl (C=O) groups is 1. The van der Waals surface area contributed by atoms with Crippen LogP contribution in [0.2, 0.25) is 0 Å². The van der Waals surface area contributed by atoms with E-state index in [0.717, 1.165) is 5.56 Å². The molecular formula is C13H20N2O4. The summed E-state index contributed by atoms with van der Waals surface area (Å²) in [5.74, 6) is 0.957. The summed E-state index contributed by atoms with van der Waals surface area (Å²) in [6, 6.07) is 4.71. The van der Waals surface area contributed by atoms with Crippen molar-refractivity contribution in [2.24, 2.45) is 5.73 Å². The molecule has 0 aliphatic rings. The molecule has 0 radical (unpaired) electrons. The second-order valence-corrected chi connectivity index (χ2v) is 4.02. The number of ether oxygens (including phenoxy) is 2. The lowest BCUT2D eigenvalue weighted by atomic mass is 10.1. The highest BCUT2D eigenvalue weighted by molar-refractivity contribution is 5.81. The van der Waals surface area contributed by atoms with Crippen molar-refractivity contribution in [1.29, 1.82) is 0 Å². The molecule has 106 valence electrons. The molecule has 0 aromatic heterocycles. The van der Waals surface area contributed by atoms with Gasteiger partial charge in [0.1, 0.15) is 6.04 Å². The van der Waals surface area contributed by atoms with Gasteiger partial charge in [0.15, 0.2) is 11.5 Å². The van der Waals surface area contributed by atoms with Gasteiger partial charge in [0.05, 0.1) is 20.8 Å². The molecule has 0 saturated heterocycles. The zero-order chi connectivity index (χ0) is 14.3. The van der Waals surface area contributed by atoms with E-state index in [-0.39, 0.29) is 12.5 Å². The van der Waals surface area contributed by atoms with Crippen molar-refractivity contribution in [3.8, 4) is 11.5 Å². The first-order valence-electron chi connectivity index (χ1n) is 5.97. The van der Waals surface area contributed by atoms with Crippen LogP contribution >= 0.6 is 0 Å². The number of amides is 1. The Morgan fingerprint density at radius 3 is 2.63 bits per heavy atom. The first kappa shape index (κ1) is 15.3. The van der Waals surface area contributed by atoms with Crippen LogP contribution in [-0.4, -0.2) is 44.4 Å². The van der Waals surface area contributed by atoms with Gasteiger partial charge in [-0.05, 0) is 24.1 Å². The van der Waals surface area contributed by atoms with Gasteiger partial charge in [0.25, 0.3) is 0 Å². The summed E-state index contributed by atoms with van der Waals surface area (Å²) in [5.41, 5.74) is 6.39. The van der Waals surface area contributed by atoms with Crippen molar-refractivity contribution in [2.75, 3.05) is 27.4 Å². The second kappa shape index (κ2) is 7.60. The van der Waals surface area contributed by atoms with E-state index in [0.29, 0.717) is 24.5 Å². The molecule has 6 nitrogen and oxygen atoms in total. The number of benzene rings is 1. The van der Waals surface area contributed by atoms with Gasteiger partial charge in [0.2, 0.25) is 5.91 Å². The van der Waals surface area contributed by atoms with Gasteiger partial charge in [-0.3, -0.25) is 4.79 Å². The number of carbonyl (C=O) groups excluding carboxylic acids is 1. The average molecular weight is 268 g/mol. The lowest BCUT2D eigenvalue weighted by molar-refractivity contribution is -0.123. The second-order valence-electron chi connectivity index (χ2n) is 4.02. The van der Waals surface area contributed by atoms with Crippen LogP contribution in [0.5, 0.6) is 11.5 Å². The van der Waals surface area contributed by atoms with Crippen LogP contribution in [-0.2, 0) is 11.2 Å². The maximum Gasteiger partial charge on any atom is 0.239 e. The summed E-state index contributed by atoms with van der Waals surface area (Å²) >= 11 is 0. The molecule has 1 aromatic rings. The largest absolute Gasteiger partial charge is 0.493 e. The summed E-state index contributed by atoms with van der Waals surface area (Å²) in [5, 5.41) is 11.4. The van der Waals surface area contributed by atoms with Gasteiger partial charge in [-0.1, -0.05) is 6.07 Å². The van der Waals surface area contributed by atoms with Gasteiger partial charge in [0, 0.05) is 6.54 Å². The highest BCUT2D eigenvalue weighted by atomic mass is 16.5. The number of hydrogen-bond acceptors (Lipinski definition) is 5. The standard InChI is InChI=1S/C13H20N2O4/c1-18-11-4-3-9(7-12(11)19-2)5-6-15-13(17)10(14)8-16/h3-4,7,10,16H,5-6,8,14H2,1-2H3,(H,15,17). The highest BCUT2D eigenvalue weighted by Crippen LogP contribution is 2.27. The fourth-order valence-corrected chi connectivity index (χ4v) is 1.58. The van der Waals surface area contributed by atoms with Crippen LogP contribution in [0.1, 0.15) is 5.56 Å². The molecule has 0 aliphatic heterocycles. The predicted molar refractivity (Wildman–Crippen MR) is 71.3 cm³/mol. The molecule has 1 atom stereocenters. The number of rotatable bonds is 7. The van der Waals surface area contributed by atoms with E-state index in [1.165, 1.54) is 0 Å². The van der Waals surface area contributed by atoms with Crippen LogP contribution < -0.4 is 20.5 Å². The molecule has 0 heterocycles. The molecule has 0 aliphatic carbocycles. The average Bonchev–Trinajstić information content (AvgIpc) is 2.45. The van der Waals surface area contributed by atoms with Crippen molar-refractivity contribution in [2.45, 2.75) is 12.5 Å². The predicted octanol–water partition coefficient (Wildman–Crippen LogP) is -0.318. The van der Waals surface area contributed by atoms with Crippen LogP contribution in [0.25, 0.3) is 0 Å². The fourth-order valence-electron chi connectivity index (χ4n) is 1.58. The van der Waals surface area contributed by atoms with Gasteiger partial charge < -0.3 is 25.6 Å². The van der Waals surface area contributed by atoms with Crippen LogP contribution in [0.3, 0.4) is 0 Å². The van der Waals surface area contributed by atoms with E-state index in [2.05, 4.69) is 5.32 Å². The van der Waals surface area contributed by atoms with Gasteiger partial charge in [-0.2, -0.15) is 0 Å². The number of nitrogens with two attached hydrogens (primary N) is 1. The minimum atomic E-state index is -0.870. The Labute approximate surface area is 112 Å². The summed E-state index contributed by atoms with van der Waals surface area (Å²) < 4.78 is 10.3. The number of hydrogen-bond donors (Lipinski definition) is 3. The van der Waals surface area contributed by atoms with Gasteiger partial charge in [-0.15, -0.1) is 0 Å². The van der Waals surface area contributed by atoms with E-state index in [4.69, 9.17) is 20.3 Å². The number of aliphatic hydroxyl groups is 1. The first-order valence-corrected chi connectivity index (χ1v) is 5.97. The fraction of sp³-hybridized carbons (Fsp3) is 0.462. The Hall–Kier alpha value is -1.79. The van der Waals surface area contributed by atoms with Crippen molar-refractivity contribution in [1.82, 2.24) is 5.32 Å². The zero-order valence-electron chi connectivity index (χ0n) is 11.2. The van der Waals surface area contributed by atoms with E-state index in [1.807, 2.05) is 18.2 Å².